The topological polar surface area (TPSA) is 46.5 Å². The van der Waals surface area contributed by atoms with Gasteiger partial charge >= 0.3 is 5.97 Å². The van der Waals surface area contributed by atoms with E-state index in [0.29, 0.717) is 6.61 Å². The van der Waals surface area contributed by atoms with E-state index in [-0.39, 0.29) is 12.4 Å². The number of ether oxygens (including phenoxy) is 1. The molecule has 3 nitrogen and oxygen atoms in total. The lowest BCUT2D eigenvalue weighted by atomic mass is 9.97. The van der Waals surface area contributed by atoms with Crippen LogP contribution in [-0.2, 0) is 9.53 Å². The minimum atomic E-state index is -0.778. The number of rotatable bonds is 5. The Kier molecular flexibility index (Phi) is 5.16. The molecule has 1 rings (SSSR count). The van der Waals surface area contributed by atoms with Crippen LogP contribution in [0.3, 0.4) is 0 Å². The lowest BCUT2D eigenvalue weighted by molar-refractivity contribution is -0.146. The molecular formula is C14H20O3. The second-order valence-corrected chi connectivity index (χ2v) is 4.23. The smallest absolute Gasteiger partial charge is 0.308 e. The van der Waals surface area contributed by atoms with Gasteiger partial charge in [-0.15, -0.1) is 0 Å². The average molecular weight is 236 g/mol. The predicted octanol–water partition coefficient (Wildman–Crippen LogP) is 2.68. The van der Waals surface area contributed by atoms with Gasteiger partial charge in [-0.05, 0) is 37.0 Å². The summed E-state index contributed by atoms with van der Waals surface area (Å²) in [5.74, 6) is -0.347. The molecule has 1 aromatic carbocycles. The fraction of sp³-hybridized carbons (Fsp3) is 0.500. The third-order valence-electron chi connectivity index (χ3n) is 2.83. The van der Waals surface area contributed by atoms with E-state index in [2.05, 4.69) is 0 Å². The van der Waals surface area contributed by atoms with Gasteiger partial charge in [-0.1, -0.05) is 25.1 Å². The van der Waals surface area contributed by atoms with Crippen molar-refractivity contribution >= 4 is 5.97 Å². The van der Waals surface area contributed by atoms with Crippen molar-refractivity contribution in [1.82, 2.24) is 0 Å². The highest BCUT2D eigenvalue weighted by Gasteiger charge is 2.16. The van der Waals surface area contributed by atoms with E-state index in [1.807, 2.05) is 39.0 Å². The van der Waals surface area contributed by atoms with Gasteiger partial charge in [0.15, 0.2) is 0 Å². The molecule has 1 unspecified atom stereocenters. The van der Waals surface area contributed by atoms with Crippen LogP contribution in [-0.4, -0.2) is 17.7 Å². The molecule has 3 heteroatoms. The number of aliphatic hydroxyl groups excluding tert-OH is 1. The summed E-state index contributed by atoms with van der Waals surface area (Å²) in [6.07, 6.45) is 0.0366. The predicted molar refractivity (Wildman–Crippen MR) is 66.7 cm³/mol. The van der Waals surface area contributed by atoms with Crippen molar-refractivity contribution in [3.63, 3.8) is 0 Å². The molecule has 0 heterocycles. The Morgan fingerprint density at radius 3 is 2.76 bits per heavy atom. The highest BCUT2D eigenvalue weighted by Crippen LogP contribution is 2.23. The Bertz CT molecular complexity index is 385. The number of hydrogen-bond donors (Lipinski definition) is 1. The molecule has 1 aromatic rings. The highest BCUT2D eigenvalue weighted by molar-refractivity contribution is 5.70. The van der Waals surface area contributed by atoms with E-state index >= 15 is 0 Å². The summed E-state index contributed by atoms with van der Waals surface area (Å²) in [5, 5.41) is 9.99. The maximum absolute atomic E-state index is 11.4. The van der Waals surface area contributed by atoms with Crippen molar-refractivity contribution in [2.75, 3.05) is 6.61 Å². The number of carbonyl (C=O) groups excluding carboxylic acids is 1. The lowest BCUT2D eigenvalue weighted by Gasteiger charge is -2.14. The van der Waals surface area contributed by atoms with E-state index in [0.717, 1.165) is 23.1 Å². The van der Waals surface area contributed by atoms with Gasteiger partial charge in [0, 0.05) is 0 Å². The number of carbonyl (C=O) groups is 1. The number of esters is 1. The molecular weight excluding hydrogens is 216 g/mol. The normalized spacial score (nSPS) is 12.2. The fourth-order valence-electron chi connectivity index (χ4n) is 1.68. The van der Waals surface area contributed by atoms with Crippen LogP contribution < -0.4 is 0 Å². The maximum atomic E-state index is 11.4. The minimum Gasteiger partial charge on any atom is -0.466 e. The first-order valence-electron chi connectivity index (χ1n) is 5.96. The fourth-order valence-corrected chi connectivity index (χ4v) is 1.68. The van der Waals surface area contributed by atoms with Crippen molar-refractivity contribution in [3.05, 3.63) is 34.9 Å². The Balaban J connectivity index is 2.66. The van der Waals surface area contributed by atoms with Crippen molar-refractivity contribution in [1.29, 1.82) is 0 Å². The van der Waals surface area contributed by atoms with E-state index < -0.39 is 6.10 Å². The lowest BCUT2D eigenvalue weighted by Crippen LogP contribution is -2.11. The Hall–Kier alpha value is -1.35. The molecule has 1 N–H and O–H groups in total. The number of aryl methyl sites for hydroxylation is 1. The zero-order chi connectivity index (χ0) is 12.8. The van der Waals surface area contributed by atoms with E-state index in [1.54, 1.807) is 0 Å². The standard InChI is InChI=1S/C14H20O3/c1-4-8-17-14(16)9-13(15)12-7-5-6-10(2)11(12)3/h5-7,13,15H,4,8-9H2,1-3H3. The van der Waals surface area contributed by atoms with Crippen molar-refractivity contribution in [2.24, 2.45) is 0 Å². The molecule has 0 bridgehead atoms. The van der Waals surface area contributed by atoms with Gasteiger partial charge in [0.1, 0.15) is 0 Å². The molecule has 0 aromatic heterocycles. The summed E-state index contributed by atoms with van der Waals surface area (Å²) in [4.78, 5) is 11.4. The molecule has 0 fully saturated rings. The van der Waals surface area contributed by atoms with Gasteiger partial charge in [0.25, 0.3) is 0 Å². The van der Waals surface area contributed by atoms with Crippen LogP contribution in [0.1, 0.15) is 42.6 Å². The summed E-state index contributed by atoms with van der Waals surface area (Å²) in [7, 11) is 0. The molecule has 0 saturated carbocycles. The van der Waals surface area contributed by atoms with Crippen LogP contribution in [0, 0.1) is 13.8 Å². The third-order valence-corrected chi connectivity index (χ3v) is 2.83. The van der Waals surface area contributed by atoms with Gasteiger partial charge in [0.05, 0.1) is 19.1 Å². The summed E-state index contributed by atoms with van der Waals surface area (Å²) >= 11 is 0. The Morgan fingerprint density at radius 1 is 1.41 bits per heavy atom. The van der Waals surface area contributed by atoms with E-state index in [4.69, 9.17) is 4.74 Å². The average Bonchev–Trinajstić information content (AvgIpc) is 2.29. The summed E-state index contributed by atoms with van der Waals surface area (Å²) in [5.41, 5.74) is 2.95. The first-order chi connectivity index (χ1) is 8.06. The molecule has 0 aliphatic rings. The maximum Gasteiger partial charge on any atom is 0.308 e. The van der Waals surface area contributed by atoms with Gasteiger partial charge in [-0.25, -0.2) is 0 Å². The zero-order valence-electron chi connectivity index (χ0n) is 10.7. The Morgan fingerprint density at radius 2 is 2.12 bits per heavy atom. The van der Waals surface area contributed by atoms with Gasteiger partial charge in [-0.2, -0.15) is 0 Å². The monoisotopic (exact) mass is 236 g/mol. The highest BCUT2D eigenvalue weighted by atomic mass is 16.5. The molecule has 0 saturated heterocycles. The Labute approximate surface area is 102 Å². The minimum absolute atomic E-state index is 0.0181. The van der Waals surface area contributed by atoms with Gasteiger partial charge in [-0.3, -0.25) is 4.79 Å². The van der Waals surface area contributed by atoms with Crippen LogP contribution >= 0.6 is 0 Å². The number of hydrogen-bond acceptors (Lipinski definition) is 3. The largest absolute Gasteiger partial charge is 0.466 e. The van der Waals surface area contributed by atoms with Crippen LogP contribution in [0.2, 0.25) is 0 Å². The number of benzene rings is 1. The summed E-state index contributed by atoms with van der Waals surface area (Å²) in [6, 6.07) is 5.72. The van der Waals surface area contributed by atoms with Gasteiger partial charge < -0.3 is 9.84 Å². The zero-order valence-corrected chi connectivity index (χ0v) is 10.7. The molecule has 94 valence electrons. The molecule has 0 aliphatic carbocycles. The van der Waals surface area contributed by atoms with Gasteiger partial charge in [0.2, 0.25) is 0 Å². The van der Waals surface area contributed by atoms with Crippen LogP contribution in [0.4, 0.5) is 0 Å². The number of aliphatic hydroxyl groups is 1. The molecule has 0 amide bonds. The first-order valence-corrected chi connectivity index (χ1v) is 5.96. The molecule has 1 atom stereocenters. The summed E-state index contributed by atoms with van der Waals surface area (Å²) < 4.78 is 4.95. The SMILES string of the molecule is CCCOC(=O)CC(O)c1cccc(C)c1C. The second kappa shape index (κ2) is 6.40. The first kappa shape index (κ1) is 13.7. The molecule has 17 heavy (non-hydrogen) atoms. The van der Waals surface area contributed by atoms with Crippen molar-refractivity contribution in [3.8, 4) is 0 Å². The summed E-state index contributed by atoms with van der Waals surface area (Å²) in [6.45, 7) is 6.29. The van der Waals surface area contributed by atoms with Crippen LogP contribution in [0.5, 0.6) is 0 Å². The second-order valence-electron chi connectivity index (χ2n) is 4.23. The van der Waals surface area contributed by atoms with Crippen LogP contribution in [0.25, 0.3) is 0 Å². The molecule has 0 aliphatic heterocycles. The van der Waals surface area contributed by atoms with Crippen molar-refractivity contribution in [2.45, 2.75) is 39.7 Å². The van der Waals surface area contributed by atoms with E-state index in [1.165, 1.54) is 0 Å². The van der Waals surface area contributed by atoms with Crippen LogP contribution in [0.15, 0.2) is 18.2 Å². The van der Waals surface area contributed by atoms with E-state index in [9.17, 15) is 9.90 Å². The molecule has 0 spiro atoms. The third kappa shape index (κ3) is 3.86. The quantitative estimate of drug-likeness (QED) is 0.799. The molecule has 0 radical (unpaired) electrons. The van der Waals surface area contributed by atoms with Crippen molar-refractivity contribution < 1.29 is 14.6 Å².